The number of aromatic nitrogens is 2. The lowest BCUT2D eigenvalue weighted by atomic mass is 10.1. The van der Waals surface area contributed by atoms with Crippen LogP contribution in [0.4, 0.5) is 8.78 Å². The molecule has 0 bridgehead atoms. The van der Waals surface area contributed by atoms with Crippen LogP contribution in [0.5, 0.6) is 0 Å². The number of aryl methyl sites for hydroxylation is 1. The molecule has 0 aliphatic heterocycles. The van der Waals surface area contributed by atoms with Crippen molar-refractivity contribution >= 4 is 22.7 Å². The Morgan fingerprint density at radius 2 is 2.00 bits per heavy atom. The lowest BCUT2D eigenvalue weighted by molar-refractivity contribution is 0.506. The van der Waals surface area contributed by atoms with Crippen molar-refractivity contribution in [2.75, 3.05) is 0 Å². The summed E-state index contributed by atoms with van der Waals surface area (Å²) in [4.78, 5) is 19.8. The summed E-state index contributed by atoms with van der Waals surface area (Å²) in [6.45, 7) is 1.89. The van der Waals surface area contributed by atoms with Gasteiger partial charge in [-0.3, -0.25) is 4.79 Å². The number of halogens is 2. The molecule has 0 saturated heterocycles. The molecule has 3 nitrogen and oxygen atoms in total. The van der Waals surface area contributed by atoms with E-state index in [1.807, 2.05) is 19.1 Å². The molecule has 0 radical (unpaired) electrons. The fourth-order valence-corrected chi connectivity index (χ4v) is 2.93. The number of benzene rings is 2. The van der Waals surface area contributed by atoms with Gasteiger partial charge in [0.1, 0.15) is 5.82 Å². The van der Waals surface area contributed by atoms with Crippen LogP contribution in [0.25, 0.3) is 10.9 Å². The molecular weight excluding hydrogens is 306 g/mol. The van der Waals surface area contributed by atoms with E-state index in [4.69, 9.17) is 0 Å². The van der Waals surface area contributed by atoms with Crippen molar-refractivity contribution < 1.29 is 8.78 Å². The first-order valence-corrected chi connectivity index (χ1v) is 7.59. The molecule has 6 heteroatoms. The maximum atomic E-state index is 13.2. The van der Waals surface area contributed by atoms with Crippen molar-refractivity contribution in [3.63, 3.8) is 0 Å². The number of para-hydroxylation sites is 1. The van der Waals surface area contributed by atoms with Gasteiger partial charge in [-0.05, 0) is 36.8 Å². The Hall–Kier alpha value is -2.21. The molecule has 1 heterocycles. The first kappa shape index (κ1) is 14.7. The highest BCUT2D eigenvalue weighted by Gasteiger charge is 2.08. The van der Waals surface area contributed by atoms with E-state index >= 15 is 0 Å². The molecule has 0 unspecified atom stereocenters. The summed E-state index contributed by atoms with van der Waals surface area (Å²) in [5, 5.41) is 0.543. The number of nitrogens with zero attached hydrogens (tertiary/aromatic N) is 1. The van der Waals surface area contributed by atoms with E-state index < -0.39 is 11.6 Å². The highest BCUT2D eigenvalue weighted by atomic mass is 32.2. The molecule has 3 aromatic rings. The molecule has 0 spiro atoms. The standard InChI is InChI=1S/C16H12F2N2OS/c1-9-3-2-4-11-15(9)19-14(20-16(11)21)8-22-10-5-6-12(17)13(18)7-10/h2-7H,8H2,1H3,(H,19,20,21). The van der Waals surface area contributed by atoms with E-state index in [9.17, 15) is 13.6 Å². The van der Waals surface area contributed by atoms with Crippen LogP contribution in [0.3, 0.4) is 0 Å². The third kappa shape index (κ3) is 2.87. The zero-order valence-corrected chi connectivity index (χ0v) is 12.5. The fourth-order valence-electron chi connectivity index (χ4n) is 2.14. The van der Waals surface area contributed by atoms with Crippen molar-refractivity contribution in [1.82, 2.24) is 9.97 Å². The number of nitrogens with one attached hydrogen (secondary N) is 1. The number of thioether (sulfide) groups is 1. The quantitative estimate of drug-likeness (QED) is 0.747. The second-order valence-electron chi connectivity index (χ2n) is 4.85. The molecule has 1 N–H and O–H groups in total. The number of H-pyrrole nitrogens is 1. The van der Waals surface area contributed by atoms with Crippen LogP contribution in [0, 0.1) is 18.6 Å². The van der Waals surface area contributed by atoms with Crippen LogP contribution in [0.1, 0.15) is 11.4 Å². The Bertz CT molecular complexity index is 908. The number of fused-ring (bicyclic) bond motifs is 1. The number of hydrogen-bond donors (Lipinski definition) is 1. The maximum Gasteiger partial charge on any atom is 0.258 e. The highest BCUT2D eigenvalue weighted by molar-refractivity contribution is 7.98. The van der Waals surface area contributed by atoms with E-state index in [1.165, 1.54) is 17.8 Å². The van der Waals surface area contributed by atoms with E-state index in [1.54, 1.807) is 6.07 Å². The first-order chi connectivity index (χ1) is 10.5. The topological polar surface area (TPSA) is 45.8 Å². The second kappa shape index (κ2) is 5.88. The van der Waals surface area contributed by atoms with Crippen LogP contribution >= 0.6 is 11.8 Å². The summed E-state index contributed by atoms with van der Waals surface area (Å²) in [5.74, 6) is -0.899. The molecule has 0 aliphatic rings. The molecular formula is C16H12F2N2OS. The van der Waals surface area contributed by atoms with E-state index in [2.05, 4.69) is 9.97 Å². The average molecular weight is 318 g/mol. The van der Waals surface area contributed by atoms with Gasteiger partial charge < -0.3 is 4.98 Å². The number of rotatable bonds is 3. The van der Waals surface area contributed by atoms with Crippen LogP contribution in [-0.4, -0.2) is 9.97 Å². The first-order valence-electron chi connectivity index (χ1n) is 6.61. The third-order valence-corrected chi connectivity index (χ3v) is 4.26. The van der Waals surface area contributed by atoms with Gasteiger partial charge in [-0.25, -0.2) is 13.8 Å². The van der Waals surface area contributed by atoms with Gasteiger partial charge in [0, 0.05) is 4.90 Å². The van der Waals surface area contributed by atoms with E-state index in [0.717, 1.165) is 17.7 Å². The van der Waals surface area contributed by atoms with Crippen LogP contribution in [0.2, 0.25) is 0 Å². The Labute approximate surface area is 129 Å². The lowest BCUT2D eigenvalue weighted by Crippen LogP contribution is -2.11. The summed E-state index contributed by atoms with van der Waals surface area (Å²) >= 11 is 1.28. The summed E-state index contributed by atoms with van der Waals surface area (Å²) in [6.07, 6.45) is 0. The lowest BCUT2D eigenvalue weighted by Gasteiger charge is -2.05. The summed E-state index contributed by atoms with van der Waals surface area (Å²) in [7, 11) is 0. The van der Waals surface area contributed by atoms with Crippen molar-refractivity contribution in [2.24, 2.45) is 0 Å². The Morgan fingerprint density at radius 3 is 2.77 bits per heavy atom. The monoisotopic (exact) mass is 318 g/mol. The molecule has 22 heavy (non-hydrogen) atoms. The maximum absolute atomic E-state index is 13.2. The van der Waals surface area contributed by atoms with Crippen LogP contribution < -0.4 is 5.56 Å². The second-order valence-corrected chi connectivity index (χ2v) is 5.90. The molecule has 0 amide bonds. The van der Waals surface area contributed by atoms with Crippen LogP contribution in [-0.2, 0) is 5.75 Å². The van der Waals surface area contributed by atoms with Gasteiger partial charge in [-0.15, -0.1) is 11.8 Å². The van der Waals surface area contributed by atoms with Gasteiger partial charge in [-0.2, -0.15) is 0 Å². The molecule has 2 aromatic carbocycles. The SMILES string of the molecule is Cc1cccc2c(=O)[nH]c(CSc3ccc(F)c(F)c3)nc12. The zero-order chi connectivity index (χ0) is 15.7. The predicted octanol–water partition coefficient (Wildman–Crippen LogP) is 3.80. The minimum Gasteiger partial charge on any atom is -0.309 e. The third-order valence-electron chi connectivity index (χ3n) is 3.25. The zero-order valence-electron chi connectivity index (χ0n) is 11.7. The van der Waals surface area contributed by atoms with Gasteiger partial charge >= 0.3 is 0 Å². The van der Waals surface area contributed by atoms with Gasteiger partial charge in [0.2, 0.25) is 0 Å². The normalized spacial score (nSPS) is 11.0. The summed E-state index contributed by atoms with van der Waals surface area (Å²) in [6, 6.07) is 9.13. The smallest absolute Gasteiger partial charge is 0.258 e. The molecule has 0 fully saturated rings. The average Bonchev–Trinajstić information content (AvgIpc) is 2.50. The van der Waals surface area contributed by atoms with Crippen molar-refractivity contribution in [3.8, 4) is 0 Å². The number of aromatic amines is 1. The molecule has 3 rings (SSSR count). The minimum absolute atomic E-state index is 0.199. The number of hydrogen-bond acceptors (Lipinski definition) is 3. The van der Waals surface area contributed by atoms with Gasteiger partial charge in [0.25, 0.3) is 5.56 Å². The molecule has 1 aromatic heterocycles. The van der Waals surface area contributed by atoms with Gasteiger partial charge in [0.05, 0.1) is 16.7 Å². The molecule has 0 atom stereocenters. The van der Waals surface area contributed by atoms with Crippen molar-refractivity contribution in [1.29, 1.82) is 0 Å². The molecule has 0 saturated carbocycles. The Kier molecular flexibility index (Phi) is 3.94. The largest absolute Gasteiger partial charge is 0.309 e. The van der Waals surface area contributed by atoms with Gasteiger partial charge in [-0.1, -0.05) is 12.1 Å². The van der Waals surface area contributed by atoms with E-state index in [0.29, 0.717) is 27.4 Å². The fraction of sp³-hybridized carbons (Fsp3) is 0.125. The molecule has 0 aliphatic carbocycles. The van der Waals surface area contributed by atoms with Crippen molar-refractivity contribution in [3.05, 3.63) is 69.8 Å². The minimum atomic E-state index is -0.888. The van der Waals surface area contributed by atoms with Crippen LogP contribution in [0.15, 0.2) is 46.1 Å². The van der Waals surface area contributed by atoms with E-state index in [-0.39, 0.29) is 5.56 Å². The predicted molar refractivity (Wildman–Crippen MR) is 83.0 cm³/mol. The summed E-state index contributed by atoms with van der Waals surface area (Å²) in [5.41, 5.74) is 1.38. The summed E-state index contributed by atoms with van der Waals surface area (Å²) < 4.78 is 26.1. The molecule has 112 valence electrons. The Balaban J connectivity index is 1.89. The van der Waals surface area contributed by atoms with Crippen molar-refractivity contribution in [2.45, 2.75) is 17.6 Å². The van der Waals surface area contributed by atoms with Gasteiger partial charge in [0.15, 0.2) is 11.6 Å². The Morgan fingerprint density at radius 1 is 1.18 bits per heavy atom. The highest BCUT2D eigenvalue weighted by Crippen LogP contribution is 2.23.